The number of benzene rings is 1. The number of amides is 1. The smallest absolute Gasteiger partial charge is 0.258 e. The predicted molar refractivity (Wildman–Crippen MR) is 83.7 cm³/mol. The standard InChI is InChI=1S/C15H19NO6S/c1-15(5-6-23(19,20)10-15)16-14(18)9-22-13-4-3-12(21-2)7-11(13)8-17/h3-4,7-8H,5-6,9-10H2,1-2H3,(H,16,18)/t15-/m0/s1. The van der Waals surface area contributed by atoms with Gasteiger partial charge in [-0.3, -0.25) is 9.59 Å². The van der Waals surface area contributed by atoms with E-state index in [-0.39, 0.29) is 29.4 Å². The van der Waals surface area contributed by atoms with Crippen molar-refractivity contribution in [1.29, 1.82) is 0 Å². The zero-order chi connectivity index (χ0) is 17.1. The summed E-state index contributed by atoms with van der Waals surface area (Å²) in [6, 6.07) is 4.66. The molecule has 0 saturated carbocycles. The van der Waals surface area contributed by atoms with Crippen molar-refractivity contribution in [3.63, 3.8) is 0 Å². The van der Waals surface area contributed by atoms with Crippen LogP contribution in [0.5, 0.6) is 11.5 Å². The molecule has 0 radical (unpaired) electrons. The van der Waals surface area contributed by atoms with Crippen LogP contribution in [-0.2, 0) is 14.6 Å². The van der Waals surface area contributed by atoms with Crippen LogP contribution in [0.3, 0.4) is 0 Å². The third kappa shape index (κ3) is 4.44. The Labute approximate surface area is 134 Å². The van der Waals surface area contributed by atoms with Crippen molar-refractivity contribution < 1.29 is 27.5 Å². The third-order valence-electron chi connectivity index (χ3n) is 3.65. The third-order valence-corrected chi connectivity index (χ3v) is 5.55. The van der Waals surface area contributed by atoms with Crippen molar-refractivity contribution in [3.8, 4) is 11.5 Å². The fourth-order valence-electron chi connectivity index (χ4n) is 2.50. The van der Waals surface area contributed by atoms with Crippen molar-refractivity contribution >= 4 is 22.0 Å². The first-order valence-corrected chi connectivity index (χ1v) is 8.86. The second kappa shape index (κ2) is 6.57. The van der Waals surface area contributed by atoms with Gasteiger partial charge in [-0.1, -0.05) is 0 Å². The Morgan fingerprint density at radius 3 is 2.74 bits per heavy atom. The van der Waals surface area contributed by atoms with E-state index < -0.39 is 21.3 Å². The number of nitrogens with one attached hydrogen (secondary N) is 1. The van der Waals surface area contributed by atoms with Gasteiger partial charge in [0.25, 0.3) is 5.91 Å². The summed E-state index contributed by atoms with van der Waals surface area (Å²) in [4.78, 5) is 23.0. The molecule has 0 aromatic heterocycles. The Bertz CT molecular complexity index is 715. The van der Waals surface area contributed by atoms with Gasteiger partial charge >= 0.3 is 0 Å². The molecule has 0 spiro atoms. The van der Waals surface area contributed by atoms with Gasteiger partial charge in [0, 0.05) is 0 Å². The molecule has 1 saturated heterocycles. The van der Waals surface area contributed by atoms with Crippen LogP contribution in [0.25, 0.3) is 0 Å². The average molecular weight is 341 g/mol. The van der Waals surface area contributed by atoms with Crippen LogP contribution in [0.4, 0.5) is 0 Å². The molecule has 1 aliphatic rings. The molecule has 1 N–H and O–H groups in total. The molecule has 0 aliphatic carbocycles. The summed E-state index contributed by atoms with van der Waals surface area (Å²) in [7, 11) is -1.62. The first-order chi connectivity index (χ1) is 10.8. The van der Waals surface area contributed by atoms with Gasteiger partial charge in [-0.15, -0.1) is 0 Å². The van der Waals surface area contributed by atoms with Crippen LogP contribution in [-0.4, -0.2) is 51.4 Å². The highest BCUT2D eigenvalue weighted by atomic mass is 32.2. The average Bonchev–Trinajstić information content (AvgIpc) is 2.78. The molecule has 1 amide bonds. The fourth-order valence-corrected chi connectivity index (χ4v) is 4.60. The van der Waals surface area contributed by atoms with Crippen molar-refractivity contribution in [2.45, 2.75) is 18.9 Å². The minimum Gasteiger partial charge on any atom is -0.497 e. The molecular formula is C15H19NO6S. The maximum absolute atomic E-state index is 12.0. The lowest BCUT2D eigenvalue weighted by Gasteiger charge is -2.23. The van der Waals surface area contributed by atoms with Crippen LogP contribution in [0.2, 0.25) is 0 Å². The van der Waals surface area contributed by atoms with Crippen LogP contribution in [0, 0.1) is 0 Å². The lowest BCUT2D eigenvalue weighted by Crippen LogP contribution is -2.48. The number of hydrogen-bond acceptors (Lipinski definition) is 6. The SMILES string of the molecule is COc1ccc(OCC(=O)N[C@@]2(C)CCS(=O)(=O)C2)c(C=O)c1. The van der Waals surface area contributed by atoms with E-state index in [9.17, 15) is 18.0 Å². The molecule has 8 heteroatoms. The number of sulfone groups is 1. The maximum atomic E-state index is 12.0. The van der Waals surface area contributed by atoms with E-state index in [1.54, 1.807) is 13.0 Å². The highest BCUT2D eigenvalue weighted by Gasteiger charge is 2.39. The topological polar surface area (TPSA) is 98.8 Å². The molecule has 1 atom stereocenters. The van der Waals surface area contributed by atoms with E-state index in [1.807, 2.05) is 0 Å². The van der Waals surface area contributed by atoms with Gasteiger partial charge in [0.2, 0.25) is 0 Å². The van der Waals surface area contributed by atoms with Gasteiger partial charge in [0.15, 0.2) is 22.7 Å². The van der Waals surface area contributed by atoms with Gasteiger partial charge in [-0.05, 0) is 31.5 Å². The van der Waals surface area contributed by atoms with E-state index in [1.165, 1.54) is 19.2 Å². The second-order valence-electron chi connectivity index (χ2n) is 5.76. The van der Waals surface area contributed by atoms with E-state index in [4.69, 9.17) is 9.47 Å². The number of rotatable bonds is 6. The van der Waals surface area contributed by atoms with E-state index in [2.05, 4.69) is 5.32 Å². The van der Waals surface area contributed by atoms with E-state index in [0.717, 1.165) is 0 Å². The Hall–Kier alpha value is -2.09. The Morgan fingerprint density at radius 1 is 1.43 bits per heavy atom. The van der Waals surface area contributed by atoms with E-state index in [0.29, 0.717) is 18.5 Å². The van der Waals surface area contributed by atoms with Crippen LogP contribution < -0.4 is 14.8 Å². The zero-order valence-electron chi connectivity index (χ0n) is 13.0. The van der Waals surface area contributed by atoms with Gasteiger partial charge in [0.05, 0.1) is 29.7 Å². The number of aldehydes is 1. The molecule has 23 heavy (non-hydrogen) atoms. The van der Waals surface area contributed by atoms with Gasteiger partial charge in [-0.25, -0.2) is 8.42 Å². The molecule has 1 aromatic carbocycles. The summed E-state index contributed by atoms with van der Waals surface area (Å²) >= 11 is 0. The molecule has 0 unspecified atom stereocenters. The lowest BCUT2D eigenvalue weighted by atomic mass is 10.0. The van der Waals surface area contributed by atoms with Crippen molar-refractivity contribution in [1.82, 2.24) is 5.32 Å². The highest BCUT2D eigenvalue weighted by molar-refractivity contribution is 7.91. The van der Waals surface area contributed by atoms with Crippen molar-refractivity contribution in [2.24, 2.45) is 0 Å². The molecule has 126 valence electrons. The normalized spacial score (nSPS) is 22.3. The minimum atomic E-state index is -3.10. The molecule has 1 aliphatic heterocycles. The van der Waals surface area contributed by atoms with E-state index >= 15 is 0 Å². The Balaban J connectivity index is 1.96. The number of ether oxygens (including phenoxy) is 2. The molecule has 0 bridgehead atoms. The molecule has 1 aromatic rings. The predicted octanol–water partition coefficient (Wildman–Crippen LogP) is 0.580. The summed E-state index contributed by atoms with van der Waals surface area (Å²) in [5, 5.41) is 2.69. The summed E-state index contributed by atoms with van der Waals surface area (Å²) < 4.78 is 33.4. The zero-order valence-corrected chi connectivity index (χ0v) is 13.8. The Morgan fingerprint density at radius 2 is 2.17 bits per heavy atom. The molecular weight excluding hydrogens is 322 g/mol. The van der Waals surface area contributed by atoms with Crippen molar-refractivity contribution in [2.75, 3.05) is 25.2 Å². The fraction of sp³-hybridized carbons (Fsp3) is 0.467. The van der Waals surface area contributed by atoms with Crippen molar-refractivity contribution in [3.05, 3.63) is 23.8 Å². The van der Waals surface area contributed by atoms with Crippen LogP contribution in [0.15, 0.2) is 18.2 Å². The first kappa shape index (κ1) is 17.3. The molecule has 1 heterocycles. The van der Waals surface area contributed by atoms with Gasteiger partial charge in [0.1, 0.15) is 11.5 Å². The second-order valence-corrected chi connectivity index (χ2v) is 7.95. The lowest BCUT2D eigenvalue weighted by molar-refractivity contribution is -0.124. The quantitative estimate of drug-likeness (QED) is 0.760. The van der Waals surface area contributed by atoms with Gasteiger partial charge < -0.3 is 14.8 Å². The van der Waals surface area contributed by atoms with Crippen LogP contribution in [0.1, 0.15) is 23.7 Å². The molecule has 7 nitrogen and oxygen atoms in total. The summed E-state index contributed by atoms with van der Waals surface area (Å²) in [6.07, 6.45) is 0.990. The maximum Gasteiger partial charge on any atom is 0.258 e. The monoisotopic (exact) mass is 341 g/mol. The minimum absolute atomic E-state index is 0.0679. The largest absolute Gasteiger partial charge is 0.497 e. The summed E-state index contributed by atoms with van der Waals surface area (Å²) in [5.74, 6) is 0.330. The molecule has 1 fully saturated rings. The Kier molecular flexibility index (Phi) is 4.93. The molecule has 2 rings (SSSR count). The number of methoxy groups -OCH3 is 1. The first-order valence-electron chi connectivity index (χ1n) is 7.04. The summed E-state index contributed by atoms with van der Waals surface area (Å²) in [6.45, 7) is 1.39. The number of carbonyl (C=O) groups excluding carboxylic acids is 2. The van der Waals surface area contributed by atoms with Gasteiger partial charge in [-0.2, -0.15) is 0 Å². The number of carbonyl (C=O) groups is 2. The van der Waals surface area contributed by atoms with Crippen LogP contribution >= 0.6 is 0 Å². The highest BCUT2D eigenvalue weighted by Crippen LogP contribution is 2.24. The summed E-state index contributed by atoms with van der Waals surface area (Å²) in [5.41, 5.74) is -0.501. The number of hydrogen-bond donors (Lipinski definition) is 1.